The van der Waals surface area contributed by atoms with E-state index in [9.17, 15) is 14.4 Å². The zero-order valence-corrected chi connectivity index (χ0v) is 13.0. The number of amides is 2. The van der Waals surface area contributed by atoms with Crippen molar-refractivity contribution in [1.82, 2.24) is 10.2 Å². The Labute approximate surface area is 127 Å². The Morgan fingerprint density at radius 3 is 2.62 bits per heavy atom. The molecule has 0 radical (unpaired) electrons. The second-order valence-electron chi connectivity index (χ2n) is 5.05. The van der Waals surface area contributed by atoms with Gasteiger partial charge in [-0.25, -0.2) is 0 Å². The highest BCUT2D eigenvalue weighted by Crippen LogP contribution is 2.07. The van der Waals surface area contributed by atoms with Crippen LogP contribution in [-0.4, -0.2) is 47.4 Å². The maximum atomic E-state index is 12.0. The van der Waals surface area contributed by atoms with Crippen LogP contribution in [0.5, 0.6) is 0 Å². The number of carboxylic acid groups (broad SMARTS) is 1. The van der Waals surface area contributed by atoms with Crippen molar-refractivity contribution in [2.75, 3.05) is 19.6 Å². The number of carbonyl (C=O) groups is 3. The summed E-state index contributed by atoms with van der Waals surface area (Å²) in [6, 6.07) is 3.49. The molecule has 0 aliphatic carbocycles. The molecule has 1 aromatic heterocycles. The molecule has 2 amide bonds. The van der Waals surface area contributed by atoms with Crippen molar-refractivity contribution < 1.29 is 19.5 Å². The number of nitrogens with one attached hydrogen (secondary N) is 1. The summed E-state index contributed by atoms with van der Waals surface area (Å²) >= 11 is 1.33. The lowest BCUT2D eigenvalue weighted by Gasteiger charge is -2.22. The standard InChI is InChI=1S/C14H20N2O4S/c1-10(2)8-16(9-13(18)19)12(17)5-6-15-14(20)11-4-3-7-21-11/h3-4,7,10H,5-6,8-9H2,1-2H3,(H,15,20)(H,18,19). The molecule has 1 heterocycles. The first-order valence-electron chi connectivity index (χ1n) is 6.71. The zero-order chi connectivity index (χ0) is 15.8. The van der Waals surface area contributed by atoms with Crippen LogP contribution in [0.1, 0.15) is 29.9 Å². The quantitative estimate of drug-likeness (QED) is 0.760. The van der Waals surface area contributed by atoms with Crippen LogP contribution in [0.2, 0.25) is 0 Å². The molecule has 0 saturated heterocycles. The average molecular weight is 312 g/mol. The molecule has 0 bridgehead atoms. The minimum absolute atomic E-state index is 0.0944. The van der Waals surface area contributed by atoms with Crippen molar-refractivity contribution >= 4 is 29.1 Å². The predicted molar refractivity (Wildman–Crippen MR) is 80.3 cm³/mol. The van der Waals surface area contributed by atoms with Gasteiger partial charge in [0.2, 0.25) is 5.91 Å². The van der Waals surface area contributed by atoms with Gasteiger partial charge < -0.3 is 15.3 Å². The summed E-state index contributed by atoms with van der Waals surface area (Å²) in [5, 5.41) is 13.3. The third kappa shape index (κ3) is 6.40. The van der Waals surface area contributed by atoms with Gasteiger partial charge in [-0.2, -0.15) is 0 Å². The Morgan fingerprint density at radius 1 is 1.38 bits per heavy atom. The number of aliphatic carboxylic acids is 1. The van der Waals surface area contributed by atoms with Crippen LogP contribution in [0.3, 0.4) is 0 Å². The number of thiophene rings is 1. The van der Waals surface area contributed by atoms with Crippen molar-refractivity contribution in [2.45, 2.75) is 20.3 Å². The van der Waals surface area contributed by atoms with E-state index in [1.807, 2.05) is 13.8 Å². The van der Waals surface area contributed by atoms with E-state index < -0.39 is 5.97 Å². The minimum atomic E-state index is -1.04. The molecule has 0 aliphatic rings. The molecule has 0 atom stereocenters. The molecular formula is C14H20N2O4S. The lowest BCUT2D eigenvalue weighted by Crippen LogP contribution is -2.39. The second-order valence-corrected chi connectivity index (χ2v) is 5.99. The Morgan fingerprint density at radius 2 is 2.10 bits per heavy atom. The highest BCUT2D eigenvalue weighted by Gasteiger charge is 2.18. The van der Waals surface area contributed by atoms with Gasteiger partial charge in [0.15, 0.2) is 0 Å². The summed E-state index contributed by atoms with van der Waals surface area (Å²) in [5.41, 5.74) is 0. The first-order valence-corrected chi connectivity index (χ1v) is 7.59. The van der Waals surface area contributed by atoms with Gasteiger partial charge in [0.25, 0.3) is 5.91 Å². The summed E-state index contributed by atoms with van der Waals surface area (Å²) < 4.78 is 0. The summed E-state index contributed by atoms with van der Waals surface area (Å²) in [6.07, 6.45) is 0.0944. The normalized spacial score (nSPS) is 10.4. The summed E-state index contributed by atoms with van der Waals surface area (Å²) in [4.78, 5) is 36.4. The van der Waals surface area contributed by atoms with Crippen molar-refractivity contribution in [2.24, 2.45) is 5.92 Å². The Hall–Kier alpha value is -1.89. The molecule has 1 aromatic rings. The number of hydrogen-bond donors (Lipinski definition) is 2. The molecule has 1 rings (SSSR count). The van der Waals surface area contributed by atoms with Crippen molar-refractivity contribution in [3.63, 3.8) is 0 Å². The maximum absolute atomic E-state index is 12.0. The van der Waals surface area contributed by atoms with Gasteiger partial charge in [-0.1, -0.05) is 19.9 Å². The Kier molecular flexibility index (Phi) is 6.87. The van der Waals surface area contributed by atoms with Gasteiger partial charge in [0.1, 0.15) is 6.54 Å². The molecule has 2 N–H and O–H groups in total. The first kappa shape index (κ1) is 17.2. The molecule has 0 fully saturated rings. The number of carbonyl (C=O) groups excluding carboxylic acids is 2. The van der Waals surface area contributed by atoms with Crippen LogP contribution in [-0.2, 0) is 9.59 Å². The minimum Gasteiger partial charge on any atom is -0.480 e. The molecular weight excluding hydrogens is 292 g/mol. The van der Waals surface area contributed by atoms with Gasteiger partial charge in [-0.3, -0.25) is 14.4 Å². The fraction of sp³-hybridized carbons (Fsp3) is 0.500. The van der Waals surface area contributed by atoms with E-state index >= 15 is 0 Å². The molecule has 0 saturated carbocycles. The van der Waals surface area contributed by atoms with E-state index in [0.717, 1.165) is 0 Å². The van der Waals surface area contributed by atoms with Crippen LogP contribution in [0.4, 0.5) is 0 Å². The monoisotopic (exact) mass is 312 g/mol. The molecule has 0 aliphatic heterocycles. The second kappa shape index (κ2) is 8.41. The SMILES string of the molecule is CC(C)CN(CC(=O)O)C(=O)CCNC(=O)c1cccs1. The number of hydrogen-bond acceptors (Lipinski definition) is 4. The molecule has 21 heavy (non-hydrogen) atoms. The molecule has 6 nitrogen and oxygen atoms in total. The van der Waals surface area contributed by atoms with Crippen LogP contribution >= 0.6 is 11.3 Å². The predicted octanol–water partition coefficient (Wildman–Crippen LogP) is 1.44. The molecule has 0 spiro atoms. The van der Waals surface area contributed by atoms with Gasteiger partial charge >= 0.3 is 5.97 Å². The van der Waals surface area contributed by atoms with Crippen molar-refractivity contribution in [3.8, 4) is 0 Å². The highest BCUT2D eigenvalue weighted by molar-refractivity contribution is 7.12. The van der Waals surface area contributed by atoms with E-state index in [-0.39, 0.29) is 37.2 Å². The van der Waals surface area contributed by atoms with E-state index in [1.165, 1.54) is 16.2 Å². The van der Waals surface area contributed by atoms with E-state index in [1.54, 1.807) is 17.5 Å². The first-order chi connectivity index (χ1) is 9.90. The smallest absolute Gasteiger partial charge is 0.323 e. The van der Waals surface area contributed by atoms with E-state index in [0.29, 0.717) is 11.4 Å². The third-order valence-electron chi connectivity index (χ3n) is 2.63. The summed E-state index contributed by atoms with van der Waals surface area (Å²) in [6.45, 7) is 4.12. The van der Waals surface area contributed by atoms with Crippen molar-refractivity contribution in [3.05, 3.63) is 22.4 Å². The molecule has 116 valence electrons. The van der Waals surface area contributed by atoms with Gasteiger partial charge in [0, 0.05) is 19.5 Å². The van der Waals surface area contributed by atoms with Gasteiger partial charge in [-0.05, 0) is 17.4 Å². The van der Waals surface area contributed by atoms with Gasteiger partial charge in [0.05, 0.1) is 4.88 Å². The third-order valence-corrected chi connectivity index (χ3v) is 3.50. The highest BCUT2D eigenvalue weighted by atomic mass is 32.1. The fourth-order valence-electron chi connectivity index (χ4n) is 1.79. The Balaban J connectivity index is 2.42. The van der Waals surface area contributed by atoms with Gasteiger partial charge in [-0.15, -0.1) is 11.3 Å². The zero-order valence-electron chi connectivity index (χ0n) is 12.2. The molecule has 7 heteroatoms. The van der Waals surface area contributed by atoms with Crippen LogP contribution in [0, 0.1) is 5.92 Å². The van der Waals surface area contributed by atoms with Crippen LogP contribution < -0.4 is 5.32 Å². The van der Waals surface area contributed by atoms with E-state index in [2.05, 4.69) is 5.32 Å². The lowest BCUT2D eigenvalue weighted by atomic mass is 10.2. The fourth-order valence-corrected chi connectivity index (χ4v) is 2.43. The number of carboxylic acids is 1. The average Bonchev–Trinajstić information content (AvgIpc) is 2.90. The van der Waals surface area contributed by atoms with Crippen molar-refractivity contribution in [1.29, 1.82) is 0 Å². The van der Waals surface area contributed by atoms with Crippen LogP contribution in [0.15, 0.2) is 17.5 Å². The number of nitrogens with zero attached hydrogens (tertiary/aromatic N) is 1. The maximum Gasteiger partial charge on any atom is 0.323 e. The molecule has 0 unspecified atom stereocenters. The molecule has 0 aromatic carbocycles. The summed E-state index contributed by atoms with van der Waals surface area (Å²) in [7, 11) is 0. The number of rotatable bonds is 8. The summed E-state index contributed by atoms with van der Waals surface area (Å²) in [5.74, 6) is -1.33. The van der Waals surface area contributed by atoms with E-state index in [4.69, 9.17) is 5.11 Å². The largest absolute Gasteiger partial charge is 0.480 e. The van der Waals surface area contributed by atoms with Crippen LogP contribution in [0.25, 0.3) is 0 Å². The topological polar surface area (TPSA) is 86.7 Å². The Bertz CT molecular complexity index is 485. The lowest BCUT2D eigenvalue weighted by molar-refractivity contribution is -0.144.